The zero-order valence-electron chi connectivity index (χ0n) is 10.5. The Hall–Kier alpha value is -0.870. The lowest BCUT2D eigenvalue weighted by atomic mass is 9.95. The summed E-state index contributed by atoms with van der Waals surface area (Å²) in [5, 5.41) is 12.0. The molecule has 0 aliphatic heterocycles. The predicted molar refractivity (Wildman–Crippen MR) is 68.7 cm³/mol. The quantitative estimate of drug-likeness (QED) is 0.651. The molecule has 0 aromatic heterocycles. The maximum Gasteiger partial charge on any atom is 0.234 e. The summed E-state index contributed by atoms with van der Waals surface area (Å²) in [6.07, 6.45) is 7.69. The van der Waals surface area contributed by atoms with Crippen molar-refractivity contribution < 1.29 is 9.90 Å². The normalized spacial score (nSPS) is 17.1. The highest BCUT2D eigenvalue weighted by Gasteiger charge is 2.16. The number of nitrogens with one attached hydrogen (secondary N) is 1. The van der Waals surface area contributed by atoms with Crippen LogP contribution in [0.3, 0.4) is 0 Å². The van der Waals surface area contributed by atoms with Gasteiger partial charge in [-0.3, -0.25) is 9.69 Å². The highest BCUT2D eigenvalue weighted by Crippen LogP contribution is 2.17. The molecule has 0 bridgehead atoms. The first-order valence-electron chi connectivity index (χ1n) is 6.49. The van der Waals surface area contributed by atoms with Crippen molar-refractivity contribution in [2.24, 2.45) is 0 Å². The molecule has 0 heterocycles. The average Bonchev–Trinajstić information content (AvgIpc) is 2.30. The topological polar surface area (TPSA) is 52.6 Å². The molecule has 4 heteroatoms. The van der Waals surface area contributed by atoms with Gasteiger partial charge in [-0.15, -0.1) is 6.58 Å². The van der Waals surface area contributed by atoms with Gasteiger partial charge in [-0.1, -0.05) is 25.3 Å². The maximum absolute atomic E-state index is 11.8. The SMILES string of the molecule is C=CCN(CCO)CC(=O)NC1CCCCC1. The van der Waals surface area contributed by atoms with Crippen LogP contribution in [-0.4, -0.2) is 48.2 Å². The number of aliphatic hydroxyl groups is 1. The fraction of sp³-hybridized carbons (Fsp3) is 0.769. The molecular weight excluding hydrogens is 216 g/mol. The van der Waals surface area contributed by atoms with E-state index in [9.17, 15) is 4.79 Å². The van der Waals surface area contributed by atoms with Gasteiger partial charge in [0.1, 0.15) is 0 Å². The van der Waals surface area contributed by atoms with Gasteiger partial charge in [0.15, 0.2) is 0 Å². The summed E-state index contributed by atoms with van der Waals surface area (Å²) in [5.74, 6) is 0.0622. The second kappa shape index (κ2) is 8.25. The fourth-order valence-electron chi connectivity index (χ4n) is 2.28. The number of rotatable bonds is 7. The summed E-state index contributed by atoms with van der Waals surface area (Å²) in [6.45, 7) is 5.23. The van der Waals surface area contributed by atoms with Crippen LogP contribution in [0, 0.1) is 0 Å². The Balaban J connectivity index is 2.27. The number of carbonyl (C=O) groups excluding carboxylic acids is 1. The van der Waals surface area contributed by atoms with Gasteiger partial charge in [0.05, 0.1) is 13.2 Å². The smallest absolute Gasteiger partial charge is 0.234 e. The van der Waals surface area contributed by atoms with Gasteiger partial charge in [0.2, 0.25) is 5.91 Å². The summed E-state index contributed by atoms with van der Waals surface area (Å²) in [7, 11) is 0. The minimum absolute atomic E-state index is 0.0622. The Bertz CT molecular complexity index is 238. The van der Waals surface area contributed by atoms with E-state index < -0.39 is 0 Å². The van der Waals surface area contributed by atoms with Crippen molar-refractivity contribution in [3.05, 3.63) is 12.7 Å². The molecular formula is C13H24N2O2. The molecule has 1 aliphatic rings. The van der Waals surface area contributed by atoms with Gasteiger partial charge in [-0.05, 0) is 12.8 Å². The largest absolute Gasteiger partial charge is 0.395 e. The van der Waals surface area contributed by atoms with E-state index in [1.165, 1.54) is 19.3 Å². The zero-order chi connectivity index (χ0) is 12.5. The van der Waals surface area contributed by atoms with E-state index >= 15 is 0 Å². The molecule has 0 saturated heterocycles. The molecule has 1 aliphatic carbocycles. The van der Waals surface area contributed by atoms with Crippen LogP contribution in [0.25, 0.3) is 0 Å². The number of hydrogen-bond donors (Lipinski definition) is 2. The highest BCUT2D eigenvalue weighted by atomic mass is 16.3. The van der Waals surface area contributed by atoms with E-state index in [1.807, 2.05) is 4.90 Å². The number of aliphatic hydroxyl groups excluding tert-OH is 1. The van der Waals surface area contributed by atoms with Gasteiger partial charge in [-0.2, -0.15) is 0 Å². The molecule has 17 heavy (non-hydrogen) atoms. The lowest BCUT2D eigenvalue weighted by molar-refractivity contribution is -0.123. The predicted octanol–water partition coefficient (Wildman–Crippen LogP) is 0.916. The Morgan fingerprint density at radius 2 is 2.12 bits per heavy atom. The van der Waals surface area contributed by atoms with Crippen LogP contribution in [0.2, 0.25) is 0 Å². The first-order valence-corrected chi connectivity index (χ1v) is 6.49. The van der Waals surface area contributed by atoms with Gasteiger partial charge in [-0.25, -0.2) is 0 Å². The number of carbonyl (C=O) groups is 1. The van der Waals surface area contributed by atoms with Gasteiger partial charge in [0.25, 0.3) is 0 Å². The third-order valence-electron chi connectivity index (χ3n) is 3.14. The van der Waals surface area contributed by atoms with Crippen LogP contribution in [0.15, 0.2) is 12.7 Å². The van der Waals surface area contributed by atoms with E-state index in [1.54, 1.807) is 6.08 Å². The van der Waals surface area contributed by atoms with E-state index in [0.717, 1.165) is 12.8 Å². The minimum Gasteiger partial charge on any atom is -0.395 e. The van der Waals surface area contributed by atoms with Crippen LogP contribution in [0.4, 0.5) is 0 Å². The van der Waals surface area contributed by atoms with Crippen molar-refractivity contribution in [3.8, 4) is 0 Å². The first kappa shape index (κ1) is 14.2. The molecule has 0 unspecified atom stereocenters. The number of hydrogen-bond acceptors (Lipinski definition) is 3. The minimum atomic E-state index is 0.0622. The Kier molecular flexibility index (Phi) is 6.89. The Labute approximate surface area is 104 Å². The van der Waals surface area contributed by atoms with E-state index in [2.05, 4.69) is 11.9 Å². The standard InChI is InChI=1S/C13H24N2O2/c1-2-8-15(9-10-16)11-13(17)14-12-6-4-3-5-7-12/h2,12,16H,1,3-11H2,(H,14,17). The van der Waals surface area contributed by atoms with E-state index in [-0.39, 0.29) is 12.5 Å². The molecule has 1 saturated carbocycles. The van der Waals surface area contributed by atoms with Crippen LogP contribution < -0.4 is 5.32 Å². The molecule has 0 spiro atoms. The summed E-state index contributed by atoms with van der Waals surface area (Å²) >= 11 is 0. The summed E-state index contributed by atoms with van der Waals surface area (Å²) in [6, 6.07) is 0.357. The van der Waals surface area contributed by atoms with Gasteiger partial charge >= 0.3 is 0 Å². The Morgan fingerprint density at radius 3 is 2.71 bits per heavy atom. The number of nitrogens with zero attached hydrogens (tertiary/aromatic N) is 1. The zero-order valence-corrected chi connectivity index (χ0v) is 10.5. The van der Waals surface area contributed by atoms with Gasteiger partial charge in [0, 0.05) is 19.1 Å². The summed E-state index contributed by atoms with van der Waals surface area (Å²) in [4.78, 5) is 13.7. The molecule has 0 aromatic carbocycles. The highest BCUT2D eigenvalue weighted by molar-refractivity contribution is 5.78. The second-order valence-corrected chi connectivity index (χ2v) is 4.65. The van der Waals surface area contributed by atoms with Crippen molar-refractivity contribution in [1.29, 1.82) is 0 Å². The third kappa shape index (κ3) is 5.84. The number of amides is 1. The molecule has 2 N–H and O–H groups in total. The first-order chi connectivity index (χ1) is 8.26. The maximum atomic E-state index is 11.8. The van der Waals surface area contributed by atoms with Crippen molar-refractivity contribution in [2.75, 3.05) is 26.2 Å². The van der Waals surface area contributed by atoms with Crippen LogP contribution >= 0.6 is 0 Å². The molecule has 0 aromatic rings. The van der Waals surface area contributed by atoms with Crippen molar-refractivity contribution >= 4 is 5.91 Å². The summed E-state index contributed by atoms with van der Waals surface area (Å²) < 4.78 is 0. The lowest BCUT2D eigenvalue weighted by Gasteiger charge is -2.25. The van der Waals surface area contributed by atoms with Crippen molar-refractivity contribution in [1.82, 2.24) is 10.2 Å². The monoisotopic (exact) mass is 240 g/mol. The Morgan fingerprint density at radius 1 is 1.41 bits per heavy atom. The van der Waals surface area contributed by atoms with E-state index in [4.69, 9.17) is 5.11 Å². The molecule has 1 rings (SSSR count). The van der Waals surface area contributed by atoms with Crippen LogP contribution in [0.5, 0.6) is 0 Å². The van der Waals surface area contributed by atoms with Crippen LogP contribution in [-0.2, 0) is 4.79 Å². The molecule has 0 atom stereocenters. The molecule has 0 radical (unpaired) electrons. The van der Waals surface area contributed by atoms with Crippen molar-refractivity contribution in [3.63, 3.8) is 0 Å². The molecule has 98 valence electrons. The molecule has 1 fully saturated rings. The summed E-state index contributed by atoms with van der Waals surface area (Å²) in [5.41, 5.74) is 0. The fourth-order valence-corrected chi connectivity index (χ4v) is 2.28. The van der Waals surface area contributed by atoms with Crippen molar-refractivity contribution in [2.45, 2.75) is 38.1 Å². The average molecular weight is 240 g/mol. The lowest BCUT2D eigenvalue weighted by Crippen LogP contribution is -2.43. The molecule has 4 nitrogen and oxygen atoms in total. The van der Waals surface area contributed by atoms with E-state index in [0.29, 0.717) is 25.7 Å². The van der Waals surface area contributed by atoms with Crippen LogP contribution in [0.1, 0.15) is 32.1 Å². The van der Waals surface area contributed by atoms with Gasteiger partial charge < -0.3 is 10.4 Å². The molecule has 1 amide bonds. The second-order valence-electron chi connectivity index (χ2n) is 4.65. The third-order valence-corrected chi connectivity index (χ3v) is 3.14.